The molecule has 0 aliphatic heterocycles. The van der Waals surface area contributed by atoms with Gasteiger partial charge in [-0.2, -0.15) is 5.10 Å². The number of rotatable bonds is 7. The number of aromatic nitrogens is 2. The summed E-state index contributed by atoms with van der Waals surface area (Å²) in [5.74, 6) is -0.424. The van der Waals surface area contributed by atoms with Crippen molar-refractivity contribution in [1.29, 1.82) is 0 Å². The van der Waals surface area contributed by atoms with E-state index in [2.05, 4.69) is 15.7 Å². The molecule has 4 aromatic rings. The summed E-state index contributed by atoms with van der Waals surface area (Å²) in [6, 6.07) is 23.6. The molecule has 2 N–H and O–H groups in total. The molecule has 7 nitrogen and oxygen atoms in total. The van der Waals surface area contributed by atoms with Crippen LogP contribution in [-0.2, 0) is 11.3 Å². The zero-order valence-electron chi connectivity index (χ0n) is 19.1. The Morgan fingerprint density at radius 1 is 0.912 bits per heavy atom. The smallest absolute Gasteiger partial charge is 0.274 e. The van der Waals surface area contributed by atoms with E-state index in [0.29, 0.717) is 22.9 Å². The van der Waals surface area contributed by atoms with E-state index >= 15 is 0 Å². The predicted molar refractivity (Wildman–Crippen MR) is 133 cm³/mol. The van der Waals surface area contributed by atoms with E-state index in [4.69, 9.17) is 0 Å². The van der Waals surface area contributed by atoms with Crippen LogP contribution in [0.4, 0.5) is 5.69 Å². The van der Waals surface area contributed by atoms with Gasteiger partial charge in [0.15, 0.2) is 5.69 Å². The Bertz CT molecular complexity index is 1380. The van der Waals surface area contributed by atoms with Crippen LogP contribution in [0, 0.1) is 0 Å². The second-order valence-corrected chi connectivity index (χ2v) is 8.06. The summed E-state index contributed by atoms with van der Waals surface area (Å²) in [7, 11) is 0. The first-order valence-corrected chi connectivity index (χ1v) is 11.2. The van der Waals surface area contributed by atoms with Gasteiger partial charge in [0.1, 0.15) is 0 Å². The molecule has 34 heavy (non-hydrogen) atoms. The predicted octanol–water partition coefficient (Wildman–Crippen LogP) is 4.28. The largest absolute Gasteiger partial charge is 0.344 e. The Labute approximate surface area is 197 Å². The van der Waals surface area contributed by atoms with Crippen molar-refractivity contribution >= 4 is 28.3 Å². The number of anilines is 1. The topological polar surface area (TPSA) is 93.1 Å². The number of amides is 2. The lowest BCUT2D eigenvalue weighted by Gasteiger charge is -2.16. The maximum Gasteiger partial charge on any atom is 0.274 e. The van der Waals surface area contributed by atoms with Crippen molar-refractivity contribution < 1.29 is 9.59 Å². The third-order valence-electron chi connectivity index (χ3n) is 5.62. The van der Waals surface area contributed by atoms with Gasteiger partial charge in [0, 0.05) is 17.5 Å². The monoisotopic (exact) mass is 454 g/mol. The molecule has 0 aliphatic carbocycles. The number of fused-ring (bicyclic) bond motifs is 1. The summed E-state index contributed by atoms with van der Waals surface area (Å²) >= 11 is 0. The van der Waals surface area contributed by atoms with Crippen molar-refractivity contribution in [1.82, 2.24) is 15.1 Å². The summed E-state index contributed by atoms with van der Waals surface area (Å²) < 4.78 is 1.34. The average molecular weight is 455 g/mol. The van der Waals surface area contributed by atoms with E-state index in [-0.39, 0.29) is 35.7 Å². The highest BCUT2D eigenvalue weighted by atomic mass is 16.2. The highest BCUT2D eigenvalue weighted by molar-refractivity contribution is 6.04. The molecule has 1 atom stereocenters. The SMILES string of the molecule is CCC(=O)Nc1ccc(C(C)NC(=O)c2nn(Cc3ccccc3)c(=O)c3ccccc23)cc1. The molecule has 0 bridgehead atoms. The molecule has 0 spiro atoms. The number of hydrogen-bond donors (Lipinski definition) is 2. The van der Waals surface area contributed by atoms with Crippen molar-refractivity contribution in [3.63, 3.8) is 0 Å². The molecule has 0 radical (unpaired) electrons. The molecule has 7 heteroatoms. The van der Waals surface area contributed by atoms with Crippen LogP contribution in [0.1, 0.15) is 47.9 Å². The summed E-state index contributed by atoms with van der Waals surface area (Å²) in [6.45, 7) is 3.94. The molecular weight excluding hydrogens is 428 g/mol. The second kappa shape index (κ2) is 10.1. The highest BCUT2D eigenvalue weighted by Gasteiger charge is 2.19. The zero-order valence-corrected chi connectivity index (χ0v) is 19.1. The van der Waals surface area contributed by atoms with Crippen molar-refractivity contribution in [2.75, 3.05) is 5.32 Å². The number of benzene rings is 3. The molecule has 1 aromatic heterocycles. The summed E-state index contributed by atoms with van der Waals surface area (Å²) in [5, 5.41) is 11.2. The Balaban J connectivity index is 1.61. The van der Waals surface area contributed by atoms with Gasteiger partial charge < -0.3 is 10.6 Å². The van der Waals surface area contributed by atoms with Crippen LogP contribution >= 0.6 is 0 Å². The molecule has 0 fully saturated rings. The minimum absolute atomic E-state index is 0.0577. The maximum atomic E-state index is 13.3. The van der Waals surface area contributed by atoms with Gasteiger partial charge >= 0.3 is 0 Å². The van der Waals surface area contributed by atoms with E-state index in [0.717, 1.165) is 11.1 Å². The molecule has 172 valence electrons. The Morgan fingerprint density at radius 2 is 1.56 bits per heavy atom. The number of carbonyl (C=O) groups excluding carboxylic acids is 2. The molecular formula is C27H26N4O3. The number of nitrogens with zero attached hydrogens (tertiary/aromatic N) is 2. The van der Waals surface area contributed by atoms with Gasteiger partial charge in [-0.1, -0.05) is 67.6 Å². The zero-order chi connectivity index (χ0) is 24.1. The summed E-state index contributed by atoms with van der Waals surface area (Å²) in [5.41, 5.74) is 2.46. The van der Waals surface area contributed by atoms with Crippen LogP contribution in [0.15, 0.2) is 83.7 Å². The summed E-state index contributed by atoms with van der Waals surface area (Å²) in [4.78, 5) is 37.9. The van der Waals surface area contributed by atoms with Gasteiger partial charge in [-0.05, 0) is 36.2 Å². The van der Waals surface area contributed by atoms with Crippen molar-refractivity contribution in [2.24, 2.45) is 0 Å². The lowest BCUT2D eigenvalue weighted by atomic mass is 10.1. The van der Waals surface area contributed by atoms with Crippen molar-refractivity contribution in [3.05, 3.63) is 106 Å². The fraction of sp³-hybridized carbons (Fsp3) is 0.185. The van der Waals surface area contributed by atoms with E-state index in [1.807, 2.05) is 49.4 Å². The van der Waals surface area contributed by atoms with Crippen LogP contribution in [0.2, 0.25) is 0 Å². The molecule has 0 aliphatic rings. The lowest BCUT2D eigenvalue weighted by molar-refractivity contribution is -0.115. The molecule has 4 rings (SSSR count). The summed E-state index contributed by atoms with van der Waals surface area (Å²) in [6.07, 6.45) is 0.404. The van der Waals surface area contributed by atoms with Crippen molar-refractivity contribution in [2.45, 2.75) is 32.9 Å². The lowest BCUT2D eigenvalue weighted by Crippen LogP contribution is -2.32. The fourth-order valence-electron chi connectivity index (χ4n) is 3.72. The van der Waals surface area contributed by atoms with E-state index in [1.54, 1.807) is 43.3 Å². The van der Waals surface area contributed by atoms with Gasteiger partial charge in [-0.3, -0.25) is 14.4 Å². The quantitative estimate of drug-likeness (QED) is 0.436. The van der Waals surface area contributed by atoms with Crippen LogP contribution in [-0.4, -0.2) is 21.6 Å². The number of carbonyl (C=O) groups is 2. The standard InChI is InChI=1S/C27H26N4O3/c1-3-24(32)29-21-15-13-20(14-16-21)18(2)28-26(33)25-22-11-7-8-12-23(22)27(34)31(30-25)17-19-9-5-4-6-10-19/h4-16,18H,3,17H2,1-2H3,(H,28,33)(H,29,32). The third-order valence-corrected chi connectivity index (χ3v) is 5.62. The normalized spacial score (nSPS) is 11.7. The molecule has 3 aromatic carbocycles. The van der Waals surface area contributed by atoms with Gasteiger partial charge in [-0.25, -0.2) is 4.68 Å². The number of hydrogen-bond acceptors (Lipinski definition) is 4. The van der Waals surface area contributed by atoms with E-state index in [9.17, 15) is 14.4 Å². The highest BCUT2D eigenvalue weighted by Crippen LogP contribution is 2.19. The first-order valence-electron chi connectivity index (χ1n) is 11.2. The van der Waals surface area contributed by atoms with Crippen LogP contribution < -0.4 is 16.2 Å². The molecule has 2 amide bonds. The van der Waals surface area contributed by atoms with Gasteiger partial charge in [0.25, 0.3) is 11.5 Å². The van der Waals surface area contributed by atoms with Crippen molar-refractivity contribution in [3.8, 4) is 0 Å². The first kappa shape index (κ1) is 22.9. The van der Waals surface area contributed by atoms with Crippen LogP contribution in [0.5, 0.6) is 0 Å². The fourth-order valence-corrected chi connectivity index (χ4v) is 3.72. The maximum absolute atomic E-state index is 13.3. The Morgan fingerprint density at radius 3 is 2.24 bits per heavy atom. The Hall–Kier alpha value is -4.26. The van der Waals surface area contributed by atoms with Gasteiger partial charge in [0.2, 0.25) is 5.91 Å². The van der Waals surface area contributed by atoms with Crippen LogP contribution in [0.25, 0.3) is 10.8 Å². The minimum atomic E-state index is -0.367. The molecule has 0 saturated heterocycles. The first-order chi connectivity index (χ1) is 16.5. The minimum Gasteiger partial charge on any atom is -0.344 e. The van der Waals surface area contributed by atoms with Gasteiger partial charge in [-0.15, -0.1) is 0 Å². The van der Waals surface area contributed by atoms with Gasteiger partial charge in [0.05, 0.1) is 18.0 Å². The Kier molecular flexibility index (Phi) is 6.82. The molecule has 1 heterocycles. The molecule has 1 unspecified atom stereocenters. The van der Waals surface area contributed by atoms with Crippen LogP contribution in [0.3, 0.4) is 0 Å². The van der Waals surface area contributed by atoms with E-state index < -0.39 is 0 Å². The number of nitrogens with one attached hydrogen (secondary N) is 2. The second-order valence-electron chi connectivity index (χ2n) is 8.06. The molecule has 0 saturated carbocycles. The third kappa shape index (κ3) is 5.04. The van der Waals surface area contributed by atoms with E-state index in [1.165, 1.54) is 4.68 Å². The average Bonchev–Trinajstić information content (AvgIpc) is 2.86.